The molecule has 0 saturated carbocycles. The van der Waals surface area contributed by atoms with Crippen LogP contribution in [0.15, 0.2) is 18.2 Å². The van der Waals surface area contributed by atoms with E-state index < -0.39 is 0 Å². The van der Waals surface area contributed by atoms with Crippen LogP contribution in [-0.2, 0) is 0 Å². The van der Waals surface area contributed by atoms with Gasteiger partial charge in [-0.05, 0) is 32.9 Å². The van der Waals surface area contributed by atoms with E-state index >= 15 is 0 Å². The second-order valence-corrected chi connectivity index (χ2v) is 4.25. The predicted octanol–water partition coefficient (Wildman–Crippen LogP) is 2.28. The molecule has 78 valence electrons. The first-order chi connectivity index (χ1) is 6.40. The first-order valence-corrected chi connectivity index (χ1v) is 4.68. The van der Waals surface area contributed by atoms with Crippen LogP contribution >= 0.6 is 0 Å². The predicted molar refractivity (Wildman–Crippen MR) is 57.9 cm³/mol. The molecule has 0 spiro atoms. The van der Waals surface area contributed by atoms with Gasteiger partial charge in [-0.25, -0.2) is 4.39 Å². The third kappa shape index (κ3) is 3.00. The van der Waals surface area contributed by atoms with E-state index in [9.17, 15) is 4.39 Å². The van der Waals surface area contributed by atoms with Gasteiger partial charge >= 0.3 is 0 Å². The minimum Gasteiger partial charge on any atom is -0.383 e. The van der Waals surface area contributed by atoms with E-state index in [1.165, 1.54) is 6.07 Å². The van der Waals surface area contributed by atoms with Crippen LogP contribution in [0.2, 0.25) is 0 Å². The van der Waals surface area contributed by atoms with Gasteiger partial charge in [0.2, 0.25) is 0 Å². The molecule has 0 fully saturated rings. The summed E-state index contributed by atoms with van der Waals surface area (Å²) in [6.07, 6.45) is 0. The summed E-state index contributed by atoms with van der Waals surface area (Å²) in [4.78, 5) is 0. The van der Waals surface area contributed by atoms with Crippen molar-refractivity contribution in [1.29, 1.82) is 0 Å². The summed E-state index contributed by atoms with van der Waals surface area (Å²) in [5.41, 5.74) is 6.97. The third-order valence-corrected chi connectivity index (χ3v) is 2.00. The van der Waals surface area contributed by atoms with Crippen molar-refractivity contribution in [2.24, 2.45) is 5.73 Å². The summed E-state index contributed by atoms with van der Waals surface area (Å²) in [5.74, 6) is -0.190. The van der Waals surface area contributed by atoms with Crippen LogP contribution in [0.4, 0.5) is 10.1 Å². The normalized spacial score (nSPS) is 11.5. The highest BCUT2D eigenvalue weighted by Crippen LogP contribution is 2.17. The van der Waals surface area contributed by atoms with E-state index in [-0.39, 0.29) is 11.4 Å². The number of halogens is 1. The number of hydrogen-bond acceptors (Lipinski definition) is 2. The van der Waals surface area contributed by atoms with Crippen LogP contribution < -0.4 is 11.1 Å². The summed E-state index contributed by atoms with van der Waals surface area (Å²) in [6.45, 7) is 6.22. The molecule has 3 heteroatoms. The number of benzene rings is 1. The largest absolute Gasteiger partial charge is 0.383 e. The zero-order valence-corrected chi connectivity index (χ0v) is 8.89. The molecule has 3 N–H and O–H groups in total. The van der Waals surface area contributed by atoms with Crippen LogP contribution in [0, 0.1) is 12.7 Å². The zero-order chi connectivity index (χ0) is 10.8. The van der Waals surface area contributed by atoms with Gasteiger partial charge in [-0.1, -0.05) is 6.07 Å². The zero-order valence-electron chi connectivity index (χ0n) is 8.89. The van der Waals surface area contributed by atoms with E-state index in [4.69, 9.17) is 5.73 Å². The molecule has 0 aliphatic rings. The molecule has 0 aliphatic carbocycles. The van der Waals surface area contributed by atoms with E-state index in [0.29, 0.717) is 12.1 Å². The number of nitrogens with one attached hydrogen (secondary N) is 1. The quantitative estimate of drug-likeness (QED) is 0.778. The first kappa shape index (κ1) is 11.0. The Morgan fingerprint density at radius 3 is 2.64 bits per heavy atom. The number of rotatable bonds is 3. The van der Waals surface area contributed by atoms with Crippen molar-refractivity contribution in [1.82, 2.24) is 0 Å². The van der Waals surface area contributed by atoms with Crippen LogP contribution in [0.5, 0.6) is 0 Å². The fourth-order valence-corrected chi connectivity index (χ4v) is 1.12. The Morgan fingerprint density at radius 2 is 2.07 bits per heavy atom. The van der Waals surface area contributed by atoms with E-state index in [2.05, 4.69) is 5.32 Å². The highest BCUT2D eigenvalue weighted by atomic mass is 19.1. The van der Waals surface area contributed by atoms with Gasteiger partial charge in [-0.2, -0.15) is 0 Å². The van der Waals surface area contributed by atoms with Crippen LogP contribution in [0.3, 0.4) is 0 Å². The van der Waals surface area contributed by atoms with Crippen molar-refractivity contribution in [2.75, 3.05) is 11.9 Å². The molecule has 0 radical (unpaired) electrons. The lowest BCUT2D eigenvalue weighted by Crippen LogP contribution is -2.39. The monoisotopic (exact) mass is 196 g/mol. The molecular formula is C11H17FN2. The summed E-state index contributed by atoms with van der Waals surface area (Å²) < 4.78 is 13.1. The van der Waals surface area contributed by atoms with Gasteiger partial charge in [0.05, 0.1) is 0 Å². The Hall–Kier alpha value is -1.09. The van der Waals surface area contributed by atoms with Gasteiger partial charge in [0.1, 0.15) is 5.82 Å². The average Bonchev–Trinajstić information content (AvgIpc) is 2.06. The topological polar surface area (TPSA) is 38.0 Å². The van der Waals surface area contributed by atoms with Gasteiger partial charge in [0, 0.05) is 23.3 Å². The van der Waals surface area contributed by atoms with Gasteiger partial charge < -0.3 is 11.1 Å². The molecule has 14 heavy (non-hydrogen) atoms. The van der Waals surface area contributed by atoms with Crippen molar-refractivity contribution in [3.05, 3.63) is 29.6 Å². The Balaban J connectivity index is 2.73. The van der Waals surface area contributed by atoms with E-state index in [1.807, 2.05) is 19.9 Å². The van der Waals surface area contributed by atoms with Crippen molar-refractivity contribution in [3.63, 3.8) is 0 Å². The van der Waals surface area contributed by atoms with Crippen LogP contribution in [-0.4, -0.2) is 12.1 Å². The smallest absolute Gasteiger partial charge is 0.128 e. The summed E-state index contributed by atoms with van der Waals surface area (Å²) >= 11 is 0. The molecule has 0 aromatic heterocycles. The molecule has 0 atom stereocenters. The second kappa shape index (κ2) is 3.96. The van der Waals surface area contributed by atoms with Crippen LogP contribution in [0.25, 0.3) is 0 Å². The van der Waals surface area contributed by atoms with E-state index in [1.54, 1.807) is 13.0 Å². The highest BCUT2D eigenvalue weighted by Gasteiger charge is 2.11. The Kier molecular flexibility index (Phi) is 3.11. The van der Waals surface area contributed by atoms with Crippen molar-refractivity contribution in [3.8, 4) is 0 Å². The Morgan fingerprint density at radius 1 is 1.43 bits per heavy atom. The Labute approximate surface area is 84.3 Å². The first-order valence-electron chi connectivity index (χ1n) is 4.68. The SMILES string of the molecule is Cc1c(F)cccc1NCC(C)(C)N. The molecular weight excluding hydrogens is 179 g/mol. The maximum atomic E-state index is 13.1. The molecule has 0 aliphatic heterocycles. The molecule has 0 unspecified atom stereocenters. The number of hydrogen-bond donors (Lipinski definition) is 2. The second-order valence-electron chi connectivity index (χ2n) is 4.25. The lowest BCUT2D eigenvalue weighted by molar-refractivity contribution is 0.548. The van der Waals surface area contributed by atoms with Crippen LogP contribution in [0.1, 0.15) is 19.4 Å². The van der Waals surface area contributed by atoms with E-state index in [0.717, 1.165) is 5.69 Å². The number of anilines is 1. The average molecular weight is 196 g/mol. The fraction of sp³-hybridized carbons (Fsp3) is 0.455. The molecule has 0 amide bonds. The minimum absolute atomic E-state index is 0.190. The van der Waals surface area contributed by atoms with Crippen molar-refractivity contribution >= 4 is 5.69 Å². The number of nitrogens with two attached hydrogens (primary N) is 1. The molecule has 0 saturated heterocycles. The lowest BCUT2D eigenvalue weighted by Gasteiger charge is -2.20. The minimum atomic E-state index is -0.293. The molecule has 0 bridgehead atoms. The third-order valence-electron chi connectivity index (χ3n) is 2.00. The maximum Gasteiger partial charge on any atom is 0.128 e. The Bertz CT molecular complexity index is 316. The van der Waals surface area contributed by atoms with Gasteiger partial charge in [-0.15, -0.1) is 0 Å². The van der Waals surface area contributed by atoms with Crippen molar-refractivity contribution < 1.29 is 4.39 Å². The van der Waals surface area contributed by atoms with Crippen molar-refractivity contribution in [2.45, 2.75) is 26.3 Å². The van der Waals surface area contributed by atoms with Gasteiger partial charge in [0.15, 0.2) is 0 Å². The molecule has 1 aromatic rings. The van der Waals surface area contributed by atoms with Gasteiger partial charge in [0.25, 0.3) is 0 Å². The highest BCUT2D eigenvalue weighted by molar-refractivity contribution is 5.51. The molecule has 1 rings (SSSR count). The molecule has 2 nitrogen and oxygen atoms in total. The molecule has 1 aromatic carbocycles. The summed E-state index contributed by atoms with van der Waals surface area (Å²) in [5, 5.41) is 3.13. The summed E-state index contributed by atoms with van der Waals surface area (Å²) in [6, 6.07) is 4.99. The maximum absolute atomic E-state index is 13.1. The van der Waals surface area contributed by atoms with Gasteiger partial charge in [-0.3, -0.25) is 0 Å². The fourth-order valence-electron chi connectivity index (χ4n) is 1.12. The molecule has 0 heterocycles. The lowest BCUT2D eigenvalue weighted by atomic mass is 10.1. The standard InChI is InChI=1S/C11H17FN2/c1-8-9(12)5-4-6-10(8)14-7-11(2,3)13/h4-6,14H,7,13H2,1-3H3. The summed E-state index contributed by atoms with van der Waals surface area (Å²) in [7, 11) is 0.